The van der Waals surface area contributed by atoms with Crippen molar-refractivity contribution in [3.05, 3.63) is 29.3 Å². The van der Waals surface area contributed by atoms with Gasteiger partial charge in [-0.25, -0.2) is 0 Å². The van der Waals surface area contributed by atoms with Gasteiger partial charge in [0.25, 0.3) is 0 Å². The number of ether oxygens (including phenoxy) is 2. The van der Waals surface area contributed by atoms with Crippen LogP contribution in [0.2, 0.25) is 0 Å². The number of nitrogens with zero attached hydrogens (tertiary/aromatic N) is 1. The summed E-state index contributed by atoms with van der Waals surface area (Å²) in [4.78, 5) is 14.5. The molecule has 0 aromatic heterocycles. The molecule has 5 nitrogen and oxygen atoms in total. The van der Waals surface area contributed by atoms with Gasteiger partial charge < -0.3 is 14.8 Å². The number of benzene rings is 1. The minimum absolute atomic E-state index is 0.000145. The molecule has 3 rings (SSSR count). The quantitative estimate of drug-likeness (QED) is 0.891. The zero-order chi connectivity index (χ0) is 16.2. The average molecular weight is 318 g/mol. The molecule has 1 fully saturated rings. The first-order chi connectivity index (χ1) is 11.1. The van der Waals surface area contributed by atoms with Crippen LogP contribution in [-0.2, 0) is 22.4 Å². The number of carbonyl (C=O) groups excluding carboxylic acids is 1. The molecule has 0 bridgehead atoms. The second-order valence-electron chi connectivity index (χ2n) is 6.53. The highest BCUT2D eigenvalue weighted by Gasteiger charge is 2.27. The Morgan fingerprint density at radius 2 is 2.26 bits per heavy atom. The van der Waals surface area contributed by atoms with Crippen LogP contribution in [0.5, 0.6) is 5.75 Å². The molecule has 1 amide bonds. The first-order valence-electron chi connectivity index (χ1n) is 8.51. The molecule has 2 heterocycles. The Morgan fingerprint density at radius 1 is 1.39 bits per heavy atom. The number of carbonyl (C=O) groups is 1. The third-order valence-corrected chi connectivity index (χ3v) is 4.59. The highest BCUT2D eigenvalue weighted by atomic mass is 16.5. The van der Waals surface area contributed by atoms with Gasteiger partial charge in [-0.3, -0.25) is 9.69 Å². The third kappa shape index (κ3) is 4.03. The zero-order valence-corrected chi connectivity index (χ0v) is 14.0. The normalized spacial score (nSPS) is 21.1. The smallest absolute Gasteiger partial charge is 0.250 e. The zero-order valence-electron chi connectivity index (χ0n) is 14.0. The number of fused-ring (bicyclic) bond motifs is 1. The van der Waals surface area contributed by atoms with Crippen molar-refractivity contribution in [3.63, 3.8) is 0 Å². The molecule has 1 aromatic rings. The van der Waals surface area contributed by atoms with E-state index in [1.807, 2.05) is 6.07 Å². The summed E-state index contributed by atoms with van der Waals surface area (Å²) in [5.41, 5.74) is 2.51. The van der Waals surface area contributed by atoms with Crippen LogP contribution >= 0.6 is 0 Å². The standard InChI is InChI=1S/C18H26N2O3/c1-13(2)20-8-10-23-17(12-20)18(21)19-7-5-14-3-4-16-15(11-14)6-9-22-16/h3-4,11,13,17H,5-10,12H2,1-2H3,(H,19,21). The summed E-state index contributed by atoms with van der Waals surface area (Å²) in [5.74, 6) is 1.00. The molecule has 0 radical (unpaired) electrons. The summed E-state index contributed by atoms with van der Waals surface area (Å²) in [6, 6.07) is 6.74. The monoisotopic (exact) mass is 318 g/mol. The first-order valence-corrected chi connectivity index (χ1v) is 8.51. The molecule has 1 N–H and O–H groups in total. The molecular formula is C18H26N2O3. The Bertz CT molecular complexity index is 559. The second kappa shape index (κ2) is 7.32. The number of nitrogens with one attached hydrogen (secondary N) is 1. The predicted molar refractivity (Wildman–Crippen MR) is 88.8 cm³/mol. The van der Waals surface area contributed by atoms with Gasteiger partial charge in [-0.15, -0.1) is 0 Å². The molecular weight excluding hydrogens is 292 g/mol. The van der Waals surface area contributed by atoms with Crippen molar-refractivity contribution >= 4 is 5.91 Å². The van der Waals surface area contributed by atoms with Gasteiger partial charge in [-0.1, -0.05) is 12.1 Å². The molecule has 1 saturated heterocycles. The summed E-state index contributed by atoms with van der Waals surface area (Å²) in [6.45, 7) is 7.93. The number of hydrogen-bond acceptors (Lipinski definition) is 4. The maximum Gasteiger partial charge on any atom is 0.250 e. The summed E-state index contributed by atoms with van der Waals surface area (Å²) < 4.78 is 11.1. The highest BCUT2D eigenvalue weighted by molar-refractivity contribution is 5.81. The van der Waals surface area contributed by atoms with Crippen LogP contribution in [-0.4, -0.2) is 55.8 Å². The van der Waals surface area contributed by atoms with Gasteiger partial charge in [0.05, 0.1) is 13.2 Å². The fourth-order valence-corrected chi connectivity index (χ4v) is 3.14. The summed E-state index contributed by atoms with van der Waals surface area (Å²) in [6.07, 6.45) is 1.47. The Morgan fingerprint density at radius 3 is 3.09 bits per heavy atom. The molecule has 126 valence electrons. The van der Waals surface area contributed by atoms with E-state index in [4.69, 9.17) is 9.47 Å². The fraction of sp³-hybridized carbons (Fsp3) is 0.611. The van der Waals surface area contributed by atoms with Crippen molar-refractivity contribution in [1.29, 1.82) is 0 Å². The van der Waals surface area contributed by atoms with Crippen LogP contribution < -0.4 is 10.1 Å². The molecule has 1 unspecified atom stereocenters. The van der Waals surface area contributed by atoms with E-state index < -0.39 is 0 Å². The van der Waals surface area contributed by atoms with Crippen molar-refractivity contribution in [2.45, 2.75) is 38.8 Å². The largest absolute Gasteiger partial charge is 0.493 e. The van der Waals surface area contributed by atoms with Gasteiger partial charge in [0, 0.05) is 32.1 Å². The predicted octanol–water partition coefficient (Wildman–Crippen LogP) is 1.39. The van der Waals surface area contributed by atoms with Crippen molar-refractivity contribution in [3.8, 4) is 5.75 Å². The van der Waals surface area contributed by atoms with E-state index in [0.717, 1.165) is 31.7 Å². The molecule has 0 spiro atoms. The Kier molecular flexibility index (Phi) is 5.18. The van der Waals surface area contributed by atoms with Crippen LogP contribution in [0.3, 0.4) is 0 Å². The second-order valence-corrected chi connectivity index (χ2v) is 6.53. The van der Waals surface area contributed by atoms with E-state index in [1.165, 1.54) is 11.1 Å². The average Bonchev–Trinajstić information content (AvgIpc) is 3.02. The number of morpholine rings is 1. The molecule has 5 heteroatoms. The molecule has 2 aliphatic rings. The minimum atomic E-state index is -0.348. The number of hydrogen-bond donors (Lipinski definition) is 1. The van der Waals surface area contributed by atoms with E-state index in [2.05, 4.69) is 36.2 Å². The van der Waals surface area contributed by atoms with E-state index in [0.29, 0.717) is 25.7 Å². The lowest BCUT2D eigenvalue weighted by atomic mass is 10.1. The summed E-state index contributed by atoms with van der Waals surface area (Å²) in [7, 11) is 0. The van der Waals surface area contributed by atoms with Gasteiger partial charge >= 0.3 is 0 Å². The molecule has 23 heavy (non-hydrogen) atoms. The lowest BCUT2D eigenvalue weighted by Gasteiger charge is -2.34. The topological polar surface area (TPSA) is 50.8 Å². The van der Waals surface area contributed by atoms with E-state index >= 15 is 0 Å². The Hall–Kier alpha value is -1.59. The van der Waals surface area contributed by atoms with Crippen LogP contribution in [0, 0.1) is 0 Å². The van der Waals surface area contributed by atoms with Gasteiger partial charge in [-0.2, -0.15) is 0 Å². The molecule has 2 aliphatic heterocycles. The van der Waals surface area contributed by atoms with Crippen LogP contribution in [0.1, 0.15) is 25.0 Å². The molecule has 0 saturated carbocycles. The molecule has 1 aromatic carbocycles. The van der Waals surface area contributed by atoms with Gasteiger partial charge in [0.2, 0.25) is 5.91 Å². The number of rotatable bonds is 5. The van der Waals surface area contributed by atoms with Crippen LogP contribution in [0.15, 0.2) is 18.2 Å². The number of amides is 1. The third-order valence-electron chi connectivity index (χ3n) is 4.59. The van der Waals surface area contributed by atoms with Crippen molar-refractivity contribution < 1.29 is 14.3 Å². The molecule has 1 atom stereocenters. The van der Waals surface area contributed by atoms with E-state index in [-0.39, 0.29) is 12.0 Å². The van der Waals surface area contributed by atoms with Crippen LogP contribution in [0.4, 0.5) is 0 Å². The maximum atomic E-state index is 12.3. The van der Waals surface area contributed by atoms with Gasteiger partial charge in [0.15, 0.2) is 0 Å². The van der Waals surface area contributed by atoms with Crippen molar-refractivity contribution in [2.75, 3.05) is 32.8 Å². The van der Waals surface area contributed by atoms with Gasteiger partial charge in [0.1, 0.15) is 11.9 Å². The Labute approximate surface area is 137 Å². The fourth-order valence-electron chi connectivity index (χ4n) is 3.14. The lowest BCUT2D eigenvalue weighted by Crippen LogP contribution is -2.51. The maximum absolute atomic E-state index is 12.3. The lowest BCUT2D eigenvalue weighted by molar-refractivity contribution is -0.139. The van der Waals surface area contributed by atoms with E-state index in [9.17, 15) is 4.79 Å². The van der Waals surface area contributed by atoms with E-state index in [1.54, 1.807) is 0 Å². The van der Waals surface area contributed by atoms with Gasteiger partial charge in [-0.05, 0) is 37.5 Å². The first kappa shape index (κ1) is 16.3. The van der Waals surface area contributed by atoms with Crippen LogP contribution in [0.25, 0.3) is 0 Å². The Balaban J connectivity index is 1.46. The molecule has 0 aliphatic carbocycles. The summed E-state index contributed by atoms with van der Waals surface area (Å²) in [5, 5.41) is 3.01. The SMILES string of the molecule is CC(C)N1CCOC(C(=O)NCCc2ccc3c(c2)CCO3)C1. The van der Waals surface area contributed by atoms with Crippen molar-refractivity contribution in [2.24, 2.45) is 0 Å². The van der Waals surface area contributed by atoms with Crippen molar-refractivity contribution in [1.82, 2.24) is 10.2 Å². The highest BCUT2D eigenvalue weighted by Crippen LogP contribution is 2.25. The summed E-state index contributed by atoms with van der Waals surface area (Å²) >= 11 is 0. The minimum Gasteiger partial charge on any atom is -0.493 e.